The lowest BCUT2D eigenvalue weighted by Gasteiger charge is -2.11. The molecular weight excluding hydrogens is 462 g/mol. The minimum atomic E-state index is -0.211. The Kier molecular flexibility index (Phi) is 7.04. The maximum absolute atomic E-state index is 12.4. The number of hydrazone groups is 1. The number of benzene rings is 2. The van der Waals surface area contributed by atoms with Crippen molar-refractivity contribution < 1.29 is 4.79 Å². The van der Waals surface area contributed by atoms with Crippen molar-refractivity contribution in [1.29, 1.82) is 0 Å². The van der Waals surface area contributed by atoms with Crippen molar-refractivity contribution in [2.45, 2.75) is 19.0 Å². The summed E-state index contributed by atoms with van der Waals surface area (Å²) < 4.78 is 1.95. The molecule has 0 aliphatic rings. The third kappa shape index (κ3) is 5.27. The fourth-order valence-corrected chi connectivity index (χ4v) is 4.47. The first kappa shape index (κ1) is 22.3. The van der Waals surface area contributed by atoms with Crippen LogP contribution in [0, 0.1) is 6.92 Å². The molecule has 0 fully saturated rings. The van der Waals surface area contributed by atoms with E-state index in [1.807, 2.05) is 84.5 Å². The summed E-state index contributed by atoms with van der Waals surface area (Å²) in [6.07, 6.45) is 0. The van der Waals surface area contributed by atoms with Gasteiger partial charge in [0.1, 0.15) is 0 Å². The van der Waals surface area contributed by atoms with Crippen LogP contribution >= 0.6 is 34.7 Å². The first-order valence-electron chi connectivity index (χ1n) is 9.79. The molecule has 0 radical (unpaired) electrons. The summed E-state index contributed by atoms with van der Waals surface area (Å²) in [6, 6.07) is 19.4. The Hall–Kier alpha value is -2.94. The van der Waals surface area contributed by atoms with Gasteiger partial charge in [-0.2, -0.15) is 5.10 Å². The SMILES string of the molecule is C/C(=N/NC(=O)CSc1nnc(-c2ccc(Cl)cc2)n1-c1ccc(C)cc1)c1cccs1. The largest absolute Gasteiger partial charge is 0.272 e. The van der Waals surface area contributed by atoms with Gasteiger partial charge in [-0.1, -0.05) is 47.1 Å². The number of halogens is 1. The number of aryl methyl sites for hydroxylation is 1. The van der Waals surface area contributed by atoms with E-state index in [4.69, 9.17) is 11.6 Å². The lowest BCUT2D eigenvalue weighted by molar-refractivity contribution is -0.118. The Bertz CT molecular complexity index is 1230. The third-order valence-electron chi connectivity index (χ3n) is 4.59. The highest BCUT2D eigenvalue weighted by molar-refractivity contribution is 7.99. The maximum Gasteiger partial charge on any atom is 0.250 e. The molecule has 1 amide bonds. The molecule has 162 valence electrons. The highest BCUT2D eigenvalue weighted by Crippen LogP contribution is 2.28. The molecule has 0 atom stereocenters. The molecule has 0 unspecified atom stereocenters. The number of carbonyl (C=O) groups is 1. The van der Waals surface area contributed by atoms with Crippen LogP contribution in [0.1, 0.15) is 17.4 Å². The quantitative estimate of drug-likeness (QED) is 0.212. The number of hydrogen-bond acceptors (Lipinski definition) is 6. The van der Waals surface area contributed by atoms with E-state index < -0.39 is 0 Å². The van der Waals surface area contributed by atoms with Crippen molar-refractivity contribution in [3.8, 4) is 17.1 Å². The van der Waals surface area contributed by atoms with Crippen LogP contribution in [-0.4, -0.2) is 32.1 Å². The second-order valence-corrected chi connectivity index (χ2v) is 9.31. The van der Waals surface area contributed by atoms with Gasteiger partial charge in [0.05, 0.1) is 11.5 Å². The number of thiophene rings is 1. The highest BCUT2D eigenvalue weighted by Gasteiger charge is 2.17. The standard InChI is InChI=1S/C23H20ClN5OS2/c1-15-5-11-19(12-6-15)29-22(17-7-9-18(24)10-8-17)27-28-23(29)32-14-21(30)26-25-16(2)20-4-3-13-31-20/h3-13H,14H2,1-2H3,(H,26,30)/b25-16-. The van der Waals surface area contributed by atoms with Gasteiger partial charge < -0.3 is 0 Å². The van der Waals surface area contributed by atoms with Crippen molar-refractivity contribution in [2.24, 2.45) is 5.10 Å². The molecule has 2 heterocycles. The summed E-state index contributed by atoms with van der Waals surface area (Å²) in [5.74, 6) is 0.628. The summed E-state index contributed by atoms with van der Waals surface area (Å²) in [5.41, 5.74) is 6.34. The van der Waals surface area contributed by atoms with E-state index in [1.54, 1.807) is 11.3 Å². The lowest BCUT2D eigenvalue weighted by atomic mass is 10.2. The number of aromatic nitrogens is 3. The van der Waals surface area contributed by atoms with Gasteiger partial charge in [-0.25, -0.2) is 5.43 Å². The van der Waals surface area contributed by atoms with E-state index in [2.05, 4.69) is 20.7 Å². The van der Waals surface area contributed by atoms with E-state index in [1.165, 1.54) is 11.8 Å². The minimum Gasteiger partial charge on any atom is -0.272 e. The molecule has 0 spiro atoms. The van der Waals surface area contributed by atoms with Crippen LogP contribution in [0.2, 0.25) is 5.02 Å². The van der Waals surface area contributed by atoms with Gasteiger partial charge in [0.25, 0.3) is 5.91 Å². The zero-order chi connectivity index (χ0) is 22.5. The zero-order valence-electron chi connectivity index (χ0n) is 17.4. The Morgan fingerprint density at radius 3 is 2.56 bits per heavy atom. The molecule has 9 heteroatoms. The van der Waals surface area contributed by atoms with Crippen LogP contribution < -0.4 is 5.43 Å². The second-order valence-electron chi connectivity index (χ2n) is 6.98. The van der Waals surface area contributed by atoms with E-state index in [0.29, 0.717) is 16.0 Å². The predicted octanol–water partition coefficient (Wildman–Crippen LogP) is 5.59. The molecule has 0 aliphatic carbocycles. The predicted molar refractivity (Wildman–Crippen MR) is 132 cm³/mol. The van der Waals surface area contributed by atoms with Crippen LogP contribution in [0.15, 0.2) is 76.3 Å². The van der Waals surface area contributed by atoms with Gasteiger partial charge in [-0.15, -0.1) is 21.5 Å². The molecule has 0 bridgehead atoms. The smallest absolute Gasteiger partial charge is 0.250 e. The van der Waals surface area contributed by atoms with Crippen molar-refractivity contribution in [2.75, 3.05) is 5.75 Å². The lowest BCUT2D eigenvalue weighted by Crippen LogP contribution is -2.21. The van der Waals surface area contributed by atoms with E-state index in [-0.39, 0.29) is 11.7 Å². The first-order chi connectivity index (χ1) is 15.5. The summed E-state index contributed by atoms with van der Waals surface area (Å²) in [5, 5.41) is 16.2. The maximum atomic E-state index is 12.4. The molecule has 0 saturated heterocycles. The molecule has 1 N–H and O–H groups in total. The van der Waals surface area contributed by atoms with Crippen LogP contribution in [0.5, 0.6) is 0 Å². The van der Waals surface area contributed by atoms with Crippen molar-refractivity contribution >= 4 is 46.3 Å². The number of rotatable bonds is 7. The summed E-state index contributed by atoms with van der Waals surface area (Å²) in [7, 11) is 0. The number of hydrogen-bond donors (Lipinski definition) is 1. The van der Waals surface area contributed by atoms with Gasteiger partial charge in [-0.3, -0.25) is 9.36 Å². The summed E-state index contributed by atoms with van der Waals surface area (Å²) in [6.45, 7) is 3.90. The normalized spacial score (nSPS) is 11.5. The molecule has 32 heavy (non-hydrogen) atoms. The Morgan fingerprint density at radius 2 is 1.88 bits per heavy atom. The summed E-state index contributed by atoms with van der Waals surface area (Å²) in [4.78, 5) is 13.4. The minimum absolute atomic E-state index is 0.159. The topological polar surface area (TPSA) is 72.2 Å². The van der Waals surface area contributed by atoms with Gasteiger partial charge in [0.15, 0.2) is 11.0 Å². The Labute approximate surface area is 199 Å². The number of nitrogens with zero attached hydrogens (tertiary/aromatic N) is 4. The number of amides is 1. The average Bonchev–Trinajstić information content (AvgIpc) is 3.48. The molecular formula is C23H20ClN5OS2. The fourth-order valence-electron chi connectivity index (χ4n) is 2.92. The Morgan fingerprint density at radius 1 is 1.12 bits per heavy atom. The van der Waals surface area contributed by atoms with Gasteiger partial charge in [0, 0.05) is 21.2 Å². The first-order valence-corrected chi connectivity index (χ1v) is 12.0. The molecule has 2 aromatic heterocycles. The van der Waals surface area contributed by atoms with Crippen molar-refractivity contribution in [3.63, 3.8) is 0 Å². The average molecular weight is 482 g/mol. The van der Waals surface area contributed by atoms with Crippen LogP contribution in [0.3, 0.4) is 0 Å². The molecule has 2 aromatic carbocycles. The van der Waals surface area contributed by atoms with E-state index >= 15 is 0 Å². The Balaban J connectivity index is 1.55. The van der Waals surface area contributed by atoms with Gasteiger partial charge in [0.2, 0.25) is 0 Å². The van der Waals surface area contributed by atoms with Crippen LogP contribution in [-0.2, 0) is 4.79 Å². The summed E-state index contributed by atoms with van der Waals surface area (Å²) >= 11 is 8.93. The fraction of sp³-hybridized carbons (Fsp3) is 0.130. The molecule has 6 nitrogen and oxygen atoms in total. The molecule has 4 aromatic rings. The van der Waals surface area contributed by atoms with Crippen LogP contribution in [0.25, 0.3) is 17.1 Å². The third-order valence-corrected chi connectivity index (χ3v) is 6.75. The van der Waals surface area contributed by atoms with E-state index in [9.17, 15) is 4.79 Å². The number of nitrogens with one attached hydrogen (secondary N) is 1. The number of carbonyl (C=O) groups excluding carboxylic acids is 1. The van der Waals surface area contributed by atoms with Gasteiger partial charge >= 0.3 is 0 Å². The highest BCUT2D eigenvalue weighted by atomic mass is 35.5. The second kappa shape index (κ2) is 10.1. The van der Waals surface area contributed by atoms with Crippen LogP contribution in [0.4, 0.5) is 0 Å². The molecule has 4 rings (SSSR count). The van der Waals surface area contributed by atoms with Crippen molar-refractivity contribution in [3.05, 3.63) is 81.5 Å². The van der Waals surface area contributed by atoms with Gasteiger partial charge in [-0.05, 0) is 61.7 Å². The zero-order valence-corrected chi connectivity index (χ0v) is 19.8. The molecule has 0 aliphatic heterocycles. The molecule has 0 saturated carbocycles. The van der Waals surface area contributed by atoms with E-state index in [0.717, 1.165) is 27.4 Å². The number of thioether (sulfide) groups is 1. The monoisotopic (exact) mass is 481 g/mol. The van der Waals surface area contributed by atoms with Crippen molar-refractivity contribution in [1.82, 2.24) is 20.2 Å².